The quantitative estimate of drug-likeness (QED) is 0.494. The fourth-order valence-electron chi connectivity index (χ4n) is 2.95. The molecule has 0 radical (unpaired) electrons. The summed E-state index contributed by atoms with van der Waals surface area (Å²) in [4.78, 5) is 12.8. The second kappa shape index (κ2) is 8.41. The number of hydrogen-bond acceptors (Lipinski definition) is 7. The fraction of sp³-hybridized carbons (Fsp3) is 0.250. The van der Waals surface area contributed by atoms with E-state index in [1.54, 1.807) is 18.5 Å². The molecule has 0 saturated carbocycles. The van der Waals surface area contributed by atoms with Crippen LogP contribution >= 0.6 is 11.6 Å². The van der Waals surface area contributed by atoms with Gasteiger partial charge in [0.05, 0.1) is 36.5 Å². The molecular formula is C20H20ClN5O2. The molecular weight excluding hydrogens is 378 g/mol. The molecule has 7 nitrogen and oxygen atoms in total. The number of halogens is 1. The first-order valence-electron chi connectivity index (χ1n) is 9.03. The van der Waals surface area contributed by atoms with Gasteiger partial charge in [-0.25, -0.2) is 15.0 Å². The third-order valence-electron chi connectivity index (χ3n) is 4.41. The van der Waals surface area contributed by atoms with Crippen LogP contribution in [0, 0.1) is 0 Å². The number of hydrogen-bond donors (Lipinski definition) is 2. The summed E-state index contributed by atoms with van der Waals surface area (Å²) in [7, 11) is 0. The maximum Gasteiger partial charge on any atom is 0.227 e. The van der Waals surface area contributed by atoms with Gasteiger partial charge in [-0.3, -0.25) is 0 Å². The van der Waals surface area contributed by atoms with Crippen LogP contribution in [0.1, 0.15) is 12.8 Å². The zero-order chi connectivity index (χ0) is 19.3. The Kier molecular flexibility index (Phi) is 5.55. The average molecular weight is 398 g/mol. The molecule has 28 heavy (non-hydrogen) atoms. The minimum Gasteiger partial charge on any atom is -0.488 e. The third-order valence-corrected chi connectivity index (χ3v) is 4.63. The molecule has 3 heterocycles. The third kappa shape index (κ3) is 4.49. The molecule has 0 bridgehead atoms. The average Bonchev–Trinajstić information content (AvgIpc) is 2.72. The highest BCUT2D eigenvalue weighted by Crippen LogP contribution is 2.30. The van der Waals surface area contributed by atoms with Crippen LogP contribution in [-0.2, 0) is 4.74 Å². The van der Waals surface area contributed by atoms with E-state index in [4.69, 9.17) is 26.8 Å². The van der Waals surface area contributed by atoms with Crippen molar-refractivity contribution in [3.8, 4) is 17.0 Å². The lowest BCUT2D eigenvalue weighted by atomic mass is 10.1. The Balaban J connectivity index is 1.50. The van der Waals surface area contributed by atoms with Gasteiger partial charge < -0.3 is 20.5 Å². The number of pyridine rings is 1. The zero-order valence-electron chi connectivity index (χ0n) is 15.1. The normalized spacial score (nSPS) is 14.6. The van der Waals surface area contributed by atoms with Crippen LogP contribution in [0.3, 0.4) is 0 Å². The zero-order valence-corrected chi connectivity index (χ0v) is 15.9. The van der Waals surface area contributed by atoms with E-state index in [9.17, 15) is 0 Å². The van der Waals surface area contributed by atoms with Gasteiger partial charge in [0.15, 0.2) is 0 Å². The number of anilines is 3. The molecule has 0 unspecified atom stereocenters. The van der Waals surface area contributed by atoms with Crippen molar-refractivity contribution in [3.05, 3.63) is 53.9 Å². The molecule has 1 saturated heterocycles. The second-order valence-electron chi connectivity index (χ2n) is 6.44. The van der Waals surface area contributed by atoms with Crippen LogP contribution in [0.2, 0.25) is 5.15 Å². The first-order valence-corrected chi connectivity index (χ1v) is 9.41. The fourth-order valence-corrected chi connectivity index (χ4v) is 3.06. The summed E-state index contributed by atoms with van der Waals surface area (Å²) in [6.45, 7) is 1.45. The minimum atomic E-state index is 0.143. The maximum absolute atomic E-state index is 6.22. The lowest BCUT2D eigenvalue weighted by Gasteiger charge is -2.24. The highest BCUT2D eigenvalue weighted by molar-refractivity contribution is 6.29. The van der Waals surface area contributed by atoms with Gasteiger partial charge in [-0.05, 0) is 36.4 Å². The van der Waals surface area contributed by atoms with Gasteiger partial charge in [0.1, 0.15) is 17.0 Å². The van der Waals surface area contributed by atoms with Crippen LogP contribution in [-0.4, -0.2) is 34.3 Å². The van der Waals surface area contributed by atoms with Gasteiger partial charge in [0.25, 0.3) is 0 Å². The van der Waals surface area contributed by atoms with Crippen LogP contribution in [0.5, 0.6) is 5.75 Å². The minimum absolute atomic E-state index is 0.143. The van der Waals surface area contributed by atoms with Gasteiger partial charge in [-0.15, -0.1) is 0 Å². The highest BCUT2D eigenvalue weighted by atomic mass is 35.5. The van der Waals surface area contributed by atoms with E-state index in [2.05, 4.69) is 20.3 Å². The number of benzene rings is 1. The van der Waals surface area contributed by atoms with Crippen LogP contribution < -0.4 is 15.8 Å². The summed E-state index contributed by atoms with van der Waals surface area (Å²) in [6, 6.07) is 11.0. The lowest BCUT2D eigenvalue weighted by Crippen LogP contribution is -2.26. The topological polar surface area (TPSA) is 95.2 Å². The van der Waals surface area contributed by atoms with Crippen molar-refractivity contribution < 1.29 is 9.47 Å². The Bertz CT molecular complexity index is 946. The number of rotatable bonds is 5. The van der Waals surface area contributed by atoms with Crippen molar-refractivity contribution in [1.29, 1.82) is 0 Å². The van der Waals surface area contributed by atoms with Gasteiger partial charge >= 0.3 is 0 Å². The number of nitrogens with two attached hydrogens (primary N) is 1. The van der Waals surface area contributed by atoms with E-state index in [-0.39, 0.29) is 6.10 Å². The summed E-state index contributed by atoms with van der Waals surface area (Å²) in [5.74, 6) is 1.15. The van der Waals surface area contributed by atoms with E-state index in [1.165, 1.54) is 0 Å². The largest absolute Gasteiger partial charge is 0.488 e. The number of aromatic nitrogens is 3. The molecule has 1 aliphatic heterocycles. The summed E-state index contributed by atoms with van der Waals surface area (Å²) in [6.07, 6.45) is 5.21. The molecule has 0 amide bonds. The summed E-state index contributed by atoms with van der Waals surface area (Å²) < 4.78 is 11.4. The Morgan fingerprint density at radius 3 is 2.71 bits per heavy atom. The van der Waals surface area contributed by atoms with Crippen molar-refractivity contribution in [2.24, 2.45) is 0 Å². The monoisotopic (exact) mass is 397 g/mol. The molecule has 3 N–H and O–H groups in total. The number of nitrogens with zero attached hydrogens (tertiary/aromatic N) is 3. The molecule has 4 rings (SSSR count). The molecule has 8 heteroatoms. The van der Waals surface area contributed by atoms with Gasteiger partial charge in [0.2, 0.25) is 5.95 Å². The molecule has 1 aromatic carbocycles. The SMILES string of the molecule is Nc1cc(-c2ccnc(Nc3ccc(Cl)nc3)n2)ccc1OC1CCOCC1. The highest BCUT2D eigenvalue weighted by Gasteiger charge is 2.16. The lowest BCUT2D eigenvalue weighted by molar-refractivity contribution is 0.0259. The number of nitrogens with one attached hydrogen (secondary N) is 1. The van der Waals surface area contributed by atoms with Crippen LogP contribution in [0.15, 0.2) is 48.8 Å². The standard InChI is InChI=1S/C20H20ClN5O2/c21-19-4-2-14(12-24-19)25-20-23-8-5-17(26-20)13-1-3-18(16(22)11-13)28-15-6-9-27-10-7-15/h1-5,8,11-12,15H,6-7,9-10,22H2,(H,23,25,26). The first kappa shape index (κ1) is 18.5. The molecule has 144 valence electrons. The van der Waals surface area contributed by atoms with Crippen LogP contribution in [0.4, 0.5) is 17.3 Å². The van der Waals surface area contributed by atoms with Crippen molar-refractivity contribution in [2.45, 2.75) is 18.9 Å². The molecule has 0 atom stereocenters. The van der Waals surface area contributed by atoms with Gasteiger partial charge in [-0.1, -0.05) is 11.6 Å². The smallest absolute Gasteiger partial charge is 0.227 e. The summed E-state index contributed by atoms with van der Waals surface area (Å²) in [5, 5.41) is 3.54. The van der Waals surface area contributed by atoms with Gasteiger partial charge in [0, 0.05) is 24.6 Å². The molecule has 1 fully saturated rings. The van der Waals surface area contributed by atoms with Crippen LogP contribution in [0.25, 0.3) is 11.3 Å². The molecule has 0 aliphatic carbocycles. The number of nitrogen functional groups attached to an aromatic ring is 1. The van der Waals surface area contributed by atoms with E-state index in [1.807, 2.05) is 30.3 Å². The van der Waals surface area contributed by atoms with Gasteiger partial charge in [-0.2, -0.15) is 0 Å². The number of ether oxygens (including phenoxy) is 2. The van der Waals surface area contributed by atoms with Crippen molar-refractivity contribution >= 4 is 28.9 Å². The Morgan fingerprint density at radius 2 is 1.96 bits per heavy atom. The van der Waals surface area contributed by atoms with E-state index >= 15 is 0 Å². The Morgan fingerprint density at radius 1 is 1.11 bits per heavy atom. The van der Waals surface area contributed by atoms with Crippen molar-refractivity contribution in [1.82, 2.24) is 15.0 Å². The van der Waals surface area contributed by atoms with Crippen molar-refractivity contribution in [2.75, 3.05) is 24.3 Å². The van der Waals surface area contributed by atoms with E-state index < -0.39 is 0 Å². The molecule has 0 spiro atoms. The summed E-state index contributed by atoms with van der Waals surface area (Å²) in [5.41, 5.74) is 9.19. The Hall–Kier alpha value is -2.90. The maximum atomic E-state index is 6.22. The predicted molar refractivity (Wildman–Crippen MR) is 109 cm³/mol. The predicted octanol–water partition coefficient (Wildman–Crippen LogP) is 4.08. The second-order valence-corrected chi connectivity index (χ2v) is 6.83. The first-order chi connectivity index (χ1) is 13.7. The summed E-state index contributed by atoms with van der Waals surface area (Å²) >= 11 is 5.81. The van der Waals surface area contributed by atoms with E-state index in [0.29, 0.717) is 22.5 Å². The molecule has 1 aliphatic rings. The Labute approximate surface area is 167 Å². The van der Waals surface area contributed by atoms with E-state index in [0.717, 1.165) is 43.0 Å². The molecule has 2 aromatic heterocycles. The molecule has 3 aromatic rings. The van der Waals surface area contributed by atoms with Crippen molar-refractivity contribution in [3.63, 3.8) is 0 Å².